The summed E-state index contributed by atoms with van der Waals surface area (Å²) < 4.78 is 23.0. The number of ether oxygens (including phenoxy) is 4. The van der Waals surface area contributed by atoms with E-state index in [2.05, 4.69) is 0 Å². The summed E-state index contributed by atoms with van der Waals surface area (Å²) in [7, 11) is 0. The lowest BCUT2D eigenvalue weighted by molar-refractivity contribution is 0.0390. The molecule has 0 aromatic heterocycles. The molecule has 0 radical (unpaired) electrons. The number of carbonyl (C=O) groups is 4. The van der Waals surface area contributed by atoms with Crippen molar-refractivity contribution >= 4 is 23.9 Å². The zero-order valence-electron chi connectivity index (χ0n) is 28.1. The van der Waals surface area contributed by atoms with Gasteiger partial charge in [-0.25, -0.2) is 19.2 Å². The van der Waals surface area contributed by atoms with Crippen LogP contribution in [0.25, 0.3) is 11.1 Å². The molecule has 0 atom stereocenters. The van der Waals surface area contributed by atoms with Gasteiger partial charge in [-0.05, 0) is 39.4 Å². The summed E-state index contributed by atoms with van der Waals surface area (Å²) in [5, 5.41) is 0. The second-order valence-corrected chi connectivity index (χ2v) is 11.7. The van der Waals surface area contributed by atoms with Crippen molar-refractivity contribution in [2.75, 3.05) is 0 Å². The van der Waals surface area contributed by atoms with Crippen molar-refractivity contribution < 1.29 is 38.1 Å². The summed E-state index contributed by atoms with van der Waals surface area (Å²) >= 11 is 0. The SMILES string of the molecule is O=C(OCc1ccccc1)c1cc(-c2ccccc2)c(C(=O)OCc2ccccc2)c(C(=O)OCc2ccccc2)c1C(=O)OCc1ccccc1. The summed E-state index contributed by atoms with van der Waals surface area (Å²) in [5.74, 6) is -3.87. The van der Waals surface area contributed by atoms with E-state index in [9.17, 15) is 19.2 Å². The molecule has 0 saturated heterocycles. The number of hydrogen-bond donors (Lipinski definition) is 0. The van der Waals surface area contributed by atoms with Gasteiger partial charge in [-0.2, -0.15) is 0 Å². The molecule has 0 aliphatic carbocycles. The monoisotopic (exact) mass is 690 g/mol. The molecular formula is C44H34O8. The average molecular weight is 691 g/mol. The molecule has 0 aliphatic heterocycles. The Morgan fingerprint density at radius 1 is 0.346 bits per heavy atom. The maximum atomic E-state index is 14.4. The Hall–Kier alpha value is -6.80. The van der Waals surface area contributed by atoms with Crippen LogP contribution in [0.1, 0.15) is 63.7 Å². The summed E-state index contributed by atoms with van der Waals surface area (Å²) in [6.45, 7) is -0.598. The molecule has 52 heavy (non-hydrogen) atoms. The van der Waals surface area contributed by atoms with Crippen molar-refractivity contribution in [2.24, 2.45) is 0 Å². The number of hydrogen-bond acceptors (Lipinski definition) is 8. The largest absolute Gasteiger partial charge is 0.457 e. The Kier molecular flexibility index (Phi) is 11.6. The molecule has 6 aromatic carbocycles. The molecule has 0 fully saturated rings. The van der Waals surface area contributed by atoms with Crippen molar-refractivity contribution in [3.05, 3.63) is 202 Å². The Bertz CT molecular complexity index is 2130. The third kappa shape index (κ3) is 8.86. The van der Waals surface area contributed by atoms with Crippen LogP contribution >= 0.6 is 0 Å². The van der Waals surface area contributed by atoms with Crippen LogP contribution in [0, 0.1) is 0 Å². The van der Waals surface area contributed by atoms with Gasteiger partial charge in [0.25, 0.3) is 0 Å². The van der Waals surface area contributed by atoms with Crippen LogP contribution in [-0.2, 0) is 45.4 Å². The van der Waals surface area contributed by atoms with Gasteiger partial charge in [-0.1, -0.05) is 152 Å². The van der Waals surface area contributed by atoms with Crippen molar-refractivity contribution in [1.29, 1.82) is 0 Å². The second-order valence-electron chi connectivity index (χ2n) is 11.7. The first-order valence-electron chi connectivity index (χ1n) is 16.6. The van der Waals surface area contributed by atoms with Crippen molar-refractivity contribution in [1.82, 2.24) is 0 Å². The van der Waals surface area contributed by atoms with Crippen LogP contribution < -0.4 is 0 Å². The summed E-state index contributed by atoms with van der Waals surface area (Å²) in [6, 6.07) is 46.0. The fraction of sp³-hybridized carbons (Fsp3) is 0.0909. The highest BCUT2D eigenvalue weighted by Crippen LogP contribution is 2.34. The summed E-state index contributed by atoms with van der Waals surface area (Å²) in [4.78, 5) is 56.9. The number of esters is 4. The first kappa shape index (κ1) is 35.0. The van der Waals surface area contributed by atoms with Crippen molar-refractivity contribution in [3.8, 4) is 11.1 Å². The van der Waals surface area contributed by atoms with Gasteiger partial charge < -0.3 is 18.9 Å². The standard InChI is InChI=1S/C44H34O8/c45-41(49-27-31-16-6-1-7-17-31)37-26-36(35-24-14-5-15-25-35)38(42(46)50-28-32-18-8-2-9-19-32)40(44(48)52-30-34-22-12-4-13-23-34)39(37)43(47)51-29-33-20-10-3-11-21-33/h1-26H,27-30H2. The maximum absolute atomic E-state index is 14.4. The molecule has 0 N–H and O–H groups in total. The molecule has 6 rings (SSSR count). The van der Waals surface area contributed by atoms with Gasteiger partial charge in [0.15, 0.2) is 0 Å². The first-order valence-corrected chi connectivity index (χ1v) is 16.6. The molecule has 0 saturated carbocycles. The van der Waals surface area contributed by atoms with Gasteiger partial charge in [0.1, 0.15) is 26.4 Å². The number of benzene rings is 6. The van der Waals surface area contributed by atoms with E-state index in [-0.39, 0.29) is 43.1 Å². The molecule has 8 nitrogen and oxygen atoms in total. The topological polar surface area (TPSA) is 105 Å². The van der Waals surface area contributed by atoms with Crippen molar-refractivity contribution in [3.63, 3.8) is 0 Å². The average Bonchev–Trinajstić information content (AvgIpc) is 3.21. The smallest absolute Gasteiger partial charge is 0.340 e. The third-order valence-corrected chi connectivity index (χ3v) is 8.10. The van der Waals surface area contributed by atoms with Gasteiger partial charge in [-0.3, -0.25) is 0 Å². The molecule has 0 heterocycles. The highest BCUT2D eigenvalue weighted by Gasteiger charge is 2.36. The molecule has 8 heteroatoms. The fourth-order valence-electron chi connectivity index (χ4n) is 5.50. The van der Waals surface area contributed by atoms with E-state index in [1.807, 2.05) is 36.4 Å². The molecule has 0 bridgehead atoms. The minimum atomic E-state index is -1.03. The van der Waals surface area contributed by atoms with Crippen LogP contribution in [0.4, 0.5) is 0 Å². The predicted octanol–water partition coefficient (Wildman–Crippen LogP) is 8.78. The highest BCUT2D eigenvalue weighted by molar-refractivity contribution is 6.18. The van der Waals surface area contributed by atoms with E-state index in [4.69, 9.17) is 18.9 Å². The van der Waals surface area contributed by atoms with Gasteiger partial charge >= 0.3 is 23.9 Å². The van der Waals surface area contributed by atoms with Crippen LogP contribution in [0.3, 0.4) is 0 Å². The Morgan fingerprint density at radius 2 is 0.654 bits per heavy atom. The predicted molar refractivity (Wildman–Crippen MR) is 194 cm³/mol. The van der Waals surface area contributed by atoms with E-state index >= 15 is 0 Å². The minimum Gasteiger partial charge on any atom is -0.457 e. The fourth-order valence-corrected chi connectivity index (χ4v) is 5.50. The molecule has 258 valence electrons. The highest BCUT2D eigenvalue weighted by atomic mass is 16.5. The summed E-state index contributed by atoms with van der Waals surface area (Å²) in [6.07, 6.45) is 0. The molecule has 6 aromatic rings. The van der Waals surface area contributed by atoms with Gasteiger partial charge in [0.05, 0.1) is 22.3 Å². The Balaban J connectivity index is 1.52. The quantitative estimate of drug-likeness (QED) is 0.0875. The van der Waals surface area contributed by atoms with Crippen LogP contribution in [0.2, 0.25) is 0 Å². The van der Waals surface area contributed by atoms with E-state index in [1.54, 1.807) is 115 Å². The van der Waals surface area contributed by atoms with E-state index in [1.165, 1.54) is 6.07 Å². The Morgan fingerprint density at radius 3 is 1.04 bits per heavy atom. The van der Waals surface area contributed by atoms with Crippen LogP contribution in [0.5, 0.6) is 0 Å². The molecule has 0 aliphatic rings. The zero-order valence-corrected chi connectivity index (χ0v) is 28.1. The van der Waals surface area contributed by atoms with Gasteiger partial charge in [-0.15, -0.1) is 0 Å². The second kappa shape index (κ2) is 17.2. The molecule has 0 unspecified atom stereocenters. The lowest BCUT2D eigenvalue weighted by Gasteiger charge is -2.20. The van der Waals surface area contributed by atoms with E-state index in [0.717, 1.165) is 0 Å². The number of rotatable bonds is 13. The van der Waals surface area contributed by atoms with E-state index < -0.39 is 35.0 Å². The minimum absolute atomic E-state index is 0.118. The first-order chi connectivity index (χ1) is 25.5. The zero-order chi connectivity index (χ0) is 36.1. The molecule has 0 spiro atoms. The van der Waals surface area contributed by atoms with Gasteiger partial charge in [0, 0.05) is 0 Å². The normalized spacial score (nSPS) is 10.5. The lowest BCUT2D eigenvalue weighted by atomic mass is 9.88. The third-order valence-electron chi connectivity index (χ3n) is 8.10. The van der Waals surface area contributed by atoms with Crippen LogP contribution in [0.15, 0.2) is 158 Å². The number of carbonyl (C=O) groups excluding carboxylic acids is 4. The molecular weight excluding hydrogens is 656 g/mol. The summed E-state index contributed by atoms with van der Waals surface area (Å²) in [5.41, 5.74) is 1.90. The molecule has 0 amide bonds. The van der Waals surface area contributed by atoms with Crippen LogP contribution in [-0.4, -0.2) is 23.9 Å². The maximum Gasteiger partial charge on any atom is 0.340 e. The van der Waals surface area contributed by atoms with Crippen molar-refractivity contribution in [2.45, 2.75) is 26.4 Å². The lowest BCUT2D eigenvalue weighted by Crippen LogP contribution is -2.25. The van der Waals surface area contributed by atoms with E-state index in [0.29, 0.717) is 27.8 Å². The Labute approximate surface area is 301 Å². The van der Waals surface area contributed by atoms with Gasteiger partial charge in [0.2, 0.25) is 0 Å².